The number of hydrogen-bond donors (Lipinski definition) is 2. The topological polar surface area (TPSA) is 66.2 Å². The first-order valence-corrected chi connectivity index (χ1v) is 8.06. The molecule has 4 aromatic rings. The predicted octanol–water partition coefficient (Wildman–Crippen LogP) is 4.78. The highest BCUT2D eigenvalue weighted by Gasteiger charge is 2.21. The Morgan fingerprint density at radius 3 is 2.44 bits per heavy atom. The molecule has 0 aliphatic heterocycles. The van der Waals surface area contributed by atoms with E-state index in [0.717, 1.165) is 27.7 Å². The molecule has 2 heterocycles. The molecule has 4 rings (SSSR count). The summed E-state index contributed by atoms with van der Waals surface area (Å²) >= 11 is 0. The maximum Gasteiger partial charge on any atom is 0.347 e. The fraction of sp³-hybridized carbons (Fsp3) is 0.0952. The zero-order valence-electron chi connectivity index (χ0n) is 14.0. The van der Waals surface area contributed by atoms with Gasteiger partial charge in [0, 0.05) is 22.5 Å². The third-order valence-electron chi connectivity index (χ3n) is 4.32. The van der Waals surface area contributed by atoms with Gasteiger partial charge in [-0.3, -0.25) is 0 Å². The Bertz CT molecular complexity index is 1140. The molecule has 0 saturated carbocycles. The van der Waals surface area contributed by atoms with E-state index in [1.165, 1.54) is 6.07 Å². The molecule has 25 heavy (non-hydrogen) atoms. The average Bonchev–Trinajstić information content (AvgIpc) is 2.93. The summed E-state index contributed by atoms with van der Waals surface area (Å²) in [7, 11) is 0. The maximum absolute atomic E-state index is 12.5. The molecule has 0 bridgehead atoms. The number of aryl methyl sites for hydroxylation is 2. The van der Waals surface area contributed by atoms with Crippen LogP contribution in [0, 0.1) is 13.8 Å². The Morgan fingerprint density at radius 1 is 0.960 bits per heavy atom. The average molecular weight is 331 g/mol. The van der Waals surface area contributed by atoms with Crippen LogP contribution in [0.15, 0.2) is 63.8 Å². The van der Waals surface area contributed by atoms with Gasteiger partial charge in [0.05, 0.1) is 5.69 Å². The molecule has 0 spiro atoms. The number of aromatic nitrogens is 1. The lowest BCUT2D eigenvalue weighted by Crippen LogP contribution is -2.04. The standard InChI is InChI=1S/C21H17NO3/c1-12-8-9-15-16(10-12)22-20(14-6-4-3-5-7-14)18(15)19-17(23)11-13(2)25-21(19)24/h3-11,22-23H,1-2H3. The summed E-state index contributed by atoms with van der Waals surface area (Å²) in [6.45, 7) is 3.65. The third kappa shape index (κ3) is 2.52. The number of fused-ring (bicyclic) bond motifs is 1. The van der Waals surface area contributed by atoms with E-state index in [9.17, 15) is 9.90 Å². The van der Waals surface area contributed by atoms with Gasteiger partial charge in [0.2, 0.25) is 0 Å². The molecule has 0 aliphatic carbocycles. The Labute approximate surface area is 144 Å². The second kappa shape index (κ2) is 5.67. The highest BCUT2D eigenvalue weighted by atomic mass is 16.4. The number of rotatable bonds is 2. The molecule has 0 unspecified atom stereocenters. The number of nitrogens with one attached hydrogen (secondary N) is 1. The van der Waals surface area contributed by atoms with Gasteiger partial charge in [0.25, 0.3) is 0 Å². The summed E-state index contributed by atoms with van der Waals surface area (Å²) in [5.41, 5.74) is 4.04. The normalized spacial score (nSPS) is 11.1. The van der Waals surface area contributed by atoms with Crippen molar-refractivity contribution >= 4 is 10.9 Å². The van der Waals surface area contributed by atoms with Crippen molar-refractivity contribution in [3.8, 4) is 28.1 Å². The molecule has 2 aromatic heterocycles. The van der Waals surface area contributed by atoms with Gasteiger partial charge < -0.3 is 14.5 Å². The van der Waals surface area contributed by atoms with Crippen molar-refractivity contribution in [2.45, 2.75) is 13.8 Å². The molecule has 0 radical (unpaired) electrons. The van der Waals surface area contributed by atoms with Gasteiger partial charge in [-0.05, 0) is 31.0 Å². The summed E-state index contributed by atoms with van der Waals surface area (Å²) in [6, 6.07) is 17.2. The van der Waals surface area contributed by atoms with E-state index in [-0.39, 0.29) is 11.3 Å². The third-order valence-corrected chi connectivity index (χ3v) is 4.32. The second-order valence-corrected chi connectivity index (χ2v) is 6.19. The molecule has 2 N–H and O–H groups in total. The molecule has 0 aliphatic rings. The number of benzene rings is 2. The van der Waals surface area contributed by atoms with Crippen molar-refractivity contribution in [1.82, 2.24) is 4.98 Å². The van der Waals surface area contributed by atoms with Gasteiger partial charge in [-0.15, -0.1) is 0 Å². The second-order valence-electron chi connectivity index (χ2n) is 6.19. The fourth-order valence-electron chi connectivity index (χ4n) is 3.22. The molecular weight excluding hydrogens is 314 g/mol. The minimum atomic E-state index is -0.545. The zero-order valence-corrected chi connectivity index (χ0v) is 14.0. The predicted molar refractivity (Wildman–Crippen MR) is 98.8 cm³/mol. The van der Waals surface area contributed by atoms with Crippen LogP contribution in [0.4, 0.5) is 0 Å². The summed E-state index contributed by atoms with van der Waals surface area (Å²) in [6.07, 6.45) is 0. The fourth-order valence-corrected chi connectivity index (χ4v) is 3.22. The molecule has 124 valence electrons. The Morgan fingerprint density at radius 2 is 1.72 bits per heavy atom. The quantitative estimate of drug-likeness (QED) is 0.555. The largest absolute Gasteiger partial charge is 0.507 e. The molecule has 4 heteroatoms. The van der Waals surface area contributed by atoms with E-state index in [2.05, 4.69) is 4.98 Å². The Hall–Kier alpha value is -3.27. The van der Waals surface area contributed by atoms with Gasteiger partial charge in [0.15, 0.2) is 0 Å². The van der Waals surface area contributed by atoms with Crippen LogP contribution in [0.25, 0.3) is 33.3 Å². The highest BCUT2D eigenvalue weighted by molar-refractivity contribution is 6.04. The van der Waals surface area contributed by atoms with Gasteiger partial charge >= 0.3 is 5.63 Å². The molecule has 0 amide bonds. The van der Waals surface area contributed by atoms with Crippen LogP contribution in [-0.4, -0.2) is 10.1 Å². The Kier molecular flexibility index (Phi) is 3.46. The van der Waals surface area contributed by atoms with Crippen LogP contribution < -0.4 is 5.63 Å². The van der Waals surface area contributed by atoms with Crippen LogP contribution in [0.2, 0.25) is 0 Å². The van der Waals surface area contributed by atoms with Crippen molar-refractivity contribution in [3.63, 3.8) is 0 Å². The summed E-state index contributed by atoms with van der Waals surface area (Å²) in [5.74, 6) is 0.301. The first kappa shape index (κ1) is 15.3. The minimum Gasteiger partial charge on any atom is -0.507 e. The van der Waals surface area contributed by atoms with Crippen molar-refractivity contribution in [3.05, 3.63) is 76.3 Å². The lowest BCUT2D eigenvalue weighted by atomic mass is 9.98. The van der Waals surface area contributed by atoms with E-state index in [4.69, 9.17) is 4.42 Å². The van der Waals surface area contributed by atoms with Crippen molar-refractivity contribution in [2.75, 3.05) is 0 Å². The van der Waals surface area contributed by atoms with Crippen molar-refractivity contribution in [1.29, 1.82) is 0 Å². The maximum atomic E-state index is 12.5. The van der Waals surface area contributed by atoms with E-state index in [1.807, 2.05) is 55.5 Å². The molecular formula is C21H17NO3. The van der Waals surface area contributed by atoms with Crippen LogP contribution in [0.3, 0.4) is 0 Å². The molecule has 2 aromatic carbocycles. The van der Waals surface area contributed by atoms with Crippen LogP contribution >= 0.6 is 0 Å². The number of aromatic amines is 1. The molecule has 0 saturated heterocycles. The van der Waals surface area contributed by atoms with E-state index < -0.39 is 5.63 Å². The summed E-state index contributed by atoms with van der Waals surface area (Å²) in [5, 5.41) is 11.3. The number of hydrogen-bond acceptors (Lipinski definition) is 3. The van der Waals surface area contributed by atoms with Crippen molar-refractivity contribution in [2.24, 2.45) is 0 Å². The van der Waals surface area contributed by atoms with Gasteiger partial charge in [-0.25, -0.2) is 4.79 Å². The molecule has 0 fully saturated rings. The number of H-pyrrole nitrogens is 1. The molecule has 0 atom stereocenters. The van der Waals surface area contributed by atoms with Gasteiger partial charge in [-0.2, -0.15) is 0 Å². The SMILES string of the molecule is Cc1ccc2c(-c3c(O)cc(C)oc3=O)c(-c3ccccc3)[nH]c2c1. The van der Waals surface area contributed by atoms with Crippen LogP contribution in [-0.2, 0) is 0 Å². The lowest BCUT2D eigenvalue weighted by Gasteiger charge is -2.07. The van der Waals surface area contributed by atoms with Crippen molar-refractivity contribution < 1.29 is 9.52 Å². The van der Waals surface area contributed by atoms with Crippen LogP contribution in [0.1, 0.15) is 11.3 Å². The van der Waals surface area contributed by atoms with E-state index in [1.54, 1.807) is 6.92 Å². The monoisotopic (exact) mass is 331 g/mol. The van der Waals surface area contributed by atoms with E-state index >= 15 is 0 Å². The van der Waals surface area contributed by atoms with Gasteiger partial charge in [0.1, 0.15) is 17.1 Å². The minimum absolute atomic E-state index is 0.0765. The summed E-state index contributed by atoms with van der Waals surface area (Å²) in [4.78, 5) is 15.9. The van der Waals surface area contributed by atoms with Crippen LogP contribution in [0.5, 0.6) is 5.75 Å². The van der Waals surface area contributed by atoms with Gasteiger partial charge in [-0.1, -0.05) is 42.5 Å². The summed E-state index contributed by atoms with van der Waals surface area (Å²) < 4.78 is 5.25. The first-order chi connectivity index (χ1) is 12.0. The first-order valence-electron chi connectivity index (χ1n) is 8.06. The Balaban J connectivity index is 2.14. The number of aromatic hydroxyl groups is 1. The smallest absolute Gasteiger partial charge is 0.347 e. The highest BCUT2D eigenvalue weighted by Crippen LogP contribution is 2.40. The molecule has 4 nitrogen and oxygen atoms in total. The van der Waals surface area contributed by atoms with E-state index in [0.29, 0.717) is 11.3 Å². The zero-order chi connectivity index (χ0) is 17.6. The lowest BCUT2D eigenvalue weighted by molar-refractivity contribution is 0.438.